The van der Waals surface area contributed by atoms with E-state index in [0.717, 1.165) is 39.2 Å². The van der Waals surface area contributed by atoms with E-state index in [1.165, 1.54) is 54.8 Å². The smallest absolute Gasteiger partial charge is 0.253 e. The summed E-state index contributed by atoms with van der Waals surface area (Å²) in [6.45, 7) is 4.79. The molecule has 7 amide bonds. The number of carbonyl (C=O) groups excluding carboxylic acids is 7. The molecule has 92 heavy (non-hydrogen) atoms. The van der Waals surface area contributed by atoms with Crippen molar-refractivity contribution in [2.45, 2.75) is 126 Å². The van der Waals surface area contributed by atoms with Gasteiger partial charge in [-0.3, -0.25) is 38.5 Å². The number of phenolic OH excluding ortho intramolecular Hbond substituents is 1. The van der Waals surface area contributed by atoms with E-state index in [9.17, 15) is 69.3 Å². The van der Waals surface area contributed by atoms with E-state index in [1.807, 2.05) is 55.5 Å². The Morgan fingerprint density at radius 1 is 0.728 bits per heavy atom. The van der Waals surface area contributed by atoms with Crippen molar-refractivity contribution in [3.05, 3.63) is 96.2 Å². The number of benzene rings is 3. The molecule has 0 saturated carbocycles. The maximum atomic E-state index is 14.7. The highest BCUT2D eigenvalue weighted by Gasteiger charge is 2.50. The average Bonchev–Trinajstić information content (AvgIpc) is 1.70. The van der Waals surface area contributed by atoms with Crippen LogP contribution >= 0.6 is 11.3 Å². The number of β-amino-alcohol motifs (C(OH)–C–C–N with tert-alkyl or cyclic N) is 1. The van der Waals surface area contributed by atoms with Crippen LogP contribution in [0.2, 0.25) is 0 Å². The third-order valence-corrected chi connectivity index (χ3v) is 17.0. The van der Waals surface area contributed by atoms with E-state index in [1.54, 1.807) is 0 Å². The van der Waals surface area contributed by atoms with Crippen molar-refractivity contribution in [1.29, 1.82) is 0 Å². The molecule has 0 radical (unpaired) electrons. The summed E-state index contributed by atoms with van der Waals surface area (Å²) in [6.07, 6.45) is -10.3. The minimum absolute atomic E-state index is 0.00112. The van der Waals surface area contributed by atoms with Crippen LogP contribution in [-0.4, -0.2) is 234 Å². The van der Waals surface area contributed by atoms with E-state index in [2.05, 4.69) is 41.8 Å². The molecule has 5 heterocycles. The molecular weight excluding hydrogens is 1220 g/mol. The molecule has 5 aromatic rings. The van der Waals surface area contributed by atoms with E-state index >= 15 is 0 Å². The first kappa shape index (κ1) is 69.6. The normalized spacial score (nSPS) is 24.6. The van der Waals surface area contributed by atoms with Crippen LogP contribution in [0.15, 0.2) is 85.1 Å². The second-order valence-electron chi connectivity index (χ2n) is 22.9. The summed E-state index contributed by atoms with van der Waals surface area (Å²) >= 11 is 1.24. The predicted octanol–water partition coefficient (Wildman–Crippen LogP) is -1.92. The Hall–Kier alpha value is -8.30. The van der Waals surface area contributed by atoms with Crippen molar-refractivity contribution < 1.29 is 83.5 Å². The van der Waals surface area contributed by atoms with Crippen LogP contribution in [0.25, 0.3) is 32.4 Å². The maximum Gasteiger partial charge on any atom is 0.253 e. The Labute approximate surface area is 533 Å². The first-order chi connectivity index (χ1) is 44.1. The summed E-state index contributed by atoms with van der Waals surface area (Å²) in [5, 5.41) is 101. The number of aromatic hydroxyl groups is 1. The molecule has 0 aliphatic carbocycles. The van der Waals surface area contributed by atoms with Crippen molar-refractivity contribution in [2.24, 2.45) is 17.4 Å². The zero-order chi connectivity index (χ0) is 66.3. The molecule has 29 nitrogen and oxygen atoms in total. The maximum absolute atomic E-state index is 14.7. The van der Waals surface area contributed by atoms with Crippen LogP contribution in [-0.2, 0) is 39.9 Å². The van der Waals surface area contributed by atoms with E-state index < -0.39 is 152 Å². The van der Waals surface area contributed by atoms with Gasteiger partial charge in [0.05, 0.1) is 55.4 Å². The van der Waals surface area contributed by atoms with Gasteiger partial charge in [-0.15, -0.1) is 10.2 Å². The molecule has 8 rings (SSSR count). The molecule has 496 valence electrons. The number of nitrogens with two attached hydrogens (primary N) is 2. The summed E-state index contributed by atoms with van der Waals surface area (Å²) < 4.78 is 16.7. The molecule has 3 aliphatic rings. The lowest BCUT2D eigenvalue weighted by atomic mass is 9.98. The summed E-state index contributed by atoms with van der Waals surface area (Å²) in [4.78, 5) is 108. The van der Waals surface area contributed by atoms with Crippen LogP contribution in [0.5, 0.6) is 17.2 Å². The van der Waals surface area contributed by atoms with Crippen molar-refractivity contribution >= 4 is 52.7 Å². The Morgan fingerprint density at radius 2 is 1.40 bits per heavy atom. The van der Waals surface area contributed by atoms with Gasteiger partial charge in [0.15, 0.2) is 16.5 Å². The van der Waals surface area contributed by atoms with Crippen molar-refractivity contribution in [1.82, 2.24) is 51.6 Å². The van der Waals surface area contributed by atoms with Crippen molar-refractivity contribution in [3.8, 4) is 49.6 Å². The fourth-order valence-corrected chi connectivity index (χ4v) is 11.8. The molecular formula is C62H80N12O17S. The van der Waals surface area contributed by atoms with Crippen LogP contribution in [0.4, 0.5) is 0 Å². The number of ether oxygens (including phenoxy) is 3. The van der Waals surface area contributed by atoms with Gasteiger partial charge in [-0.05, 0) is 92.9 Å². The fraction of sp³-hybridized carbons (Fsp3) is 0.484. The van der Waals surface area contributed by atoms with Gasteiger partial charge in [0, 0.05) is 63.2 Å². The van der Waals surface area contributed by atoms with Gasteiger partial charge in [0.1, 0.15) is 59.3 Å². The van der Waals surface area contributed by atoms with Gasteiger partial charge in [-0.25, -0.2) is 0 Å². The number of hydrogen-bond donors (Lipinski definition) is 14. The lowest BCUT2D eigenvalue weighted by Crippen LogP contribution is -2.64. The Morgan fingerprint density at radius 3 is 2.08 bits per heavy atom. The quantitative estimate of drug-likeness (QED) is 0.0356. The van der Waals surface area contributed by atoms with E-state index in [-0.39, 0.29) is 55.3 Å². The number of aromatic nitrogens is 3. The van der Waals surface area contributed by atoms with Gasteiger partial charge in [-0.2, -0.15) is 0 Å². The molecule has 3 aromatic carbocycles. The van der Waals surface area contributed by atoms with Crippen molar-refractivity contribution in [2.75, 3.05) is 59.2 Å². The molecule has 3 saturated heterocycles. The zero-order valence-electron chi connectivity index (χ0n) is 51.0. The molecule has 2 aromatic heterocycles. The zero-order valence-corrected chi connectivity index (χ0v) is 51.8. The van der Waals surface area contributed by atoms with Crippen LogP contribution in [0, 0.1) is 5.92 Å². The monoisotopic (exact) mass is 1300 g/mol. The minimum Gasteiger partial charge on any atom is -0.504 e. The number of rotatable bonds is 21. The Bertz CT molecular complexity index is 3350. The lowest BCUT2D eigenvalue weighted by molar-refractivity contribution is -0.147. The summed E-state index contributed by atoms with van der Waals surface area (Å²) in [7, 11) is 0. The van der Waals surface area contributed by atoms with Gasteiger partial charge in [0.25, 0.3) is 5.91 Å². The Balaban J connectivity index is 1.05. The first-order valence-electron chi connectivity index (χ1n) is 30.3. The molecule has 0 unspecified atom stereocenters. The van der Waals surface area contributed by atoms with Gasteiger partial charge >= 0.3 is 0 Å². The summed E-state index contributed by atoms with van der Waals surface area (Å²) in [5.74, 6) is -8.03. The number of nitrogens with one attached hydrogen (secondary N) is 5. The molecule has 30 heteroatoms. The van der Waals surface area contributed by atoms with E-state index in [0.29, 0.717) is 42.0 Å². The summed E-state index contributed by atoms with van der Waals surface area (Å²) in [6, 6.07) is 11.3. The molecule has 3 fully saturated rings. The van der Waals surface area contributed by atoms with Gasteiger partial charge in [-0.1, -0.05) is 60.7 Å². The second-order valence-corrected chi connectivity index (χ2v) is 23.8. The summed E-state index contributed by atoms with van der Waals surface area (Å²) in [5.41, 5.74) is 14.7. The number of aliphatic hydroxyl groups excluding tert-OH is 6. The lowest BCUT2D eigenvalue weighted by Gasteiger charge is -2.34. The van der Waals surface area contributed by atoms with Crippen LogP contribution in [0.3, 0.4) is 0 Å². The second kappa shape index (κ2) is 32.3. The molecule has 0 spiro atoms. The molecule has 3 aliphatic heterocycles. The largest absolute Gasteiger partial charge is 0.504 e. The highest BCUT2D eigenvalue weighted by atomic mass is 32.1. The third-order valence-electron chi connectivity index (χ3n) is 16.0. The van der Waals surface area contributed by atoms with Crippen molar-refractivity contribution in [3.63, 3.8) is 0 Å². The molecule has 0 bridgehead atoms. The number of pyridine rings is 1. The number of amides is 7. The number of aliphatic hydroxyl groups is 6. The first-order valence-corrected chi connectivity index (χ1v) is 31.2. The van der Waals surface area contributed by atoms with E-state index in [4.69, 9.17) is 25.7 Å². The molecule has 13 atom stereocenters. The number of hydrogen-bond acceptors (Lipinski definition) is 23. The number of carbonyl (C=O) groups is 7. The Kier molecular flexibility index (Phi) is 24.4. The SMILES string of the molecule is CCOCCOc1ccc(-c2ccc(-c3nnc(-c4ccc(C(=O)N[C@H]5C[C@@H](O)CNC(=O)[C@@H]6[C@@H](O)[C@@H](C)CN6C(=O)[C@H]([C@H](O)CCN)NC(=O)[C@H]([C@H](O)Cc6ccc(O)c(OCCCN)c6)NC(=O)[C@@H]6C[C@@H](O)CN6C(=O)[C@H]([C@@H](C)O)NC5=O)cn4)s3)cc2)cc1. The molecule has 16 N–H and O–H groups in total. The number of nitrogens with zero attached hydrogens (tertiary/aromatic N) is 5. The average molecular weight is 1300 g/mol. The topological polar surface area (TPSA) is 446 Å². The predicted molar refractivity (Wildman–Crippen MR) is 332 cm³/mol. The van der Waals surface area contributed by atoms with Gasteiger partial charge < -0.3 is 97.8 Å². The van der Waals surface area contributed by atoms with Gasteiger partial charge in [0.2, 0.25) is 35.4 Å². The number of fused-ring (bicyclic) bond motifs is 2. The highest BCUT2D eigenvalue weighted by molar-refractivity contribution is 7.17. The number of phenols is 1. The van der Waals surface area contributed by atoms with Crippen LogP contribution < -0.4 is 47.5 Å². The highest BCUT2D eigenvalue weighted by Crippen LogP contribution is 2.33. The third kappa shape index (κ3) is 17.4. The van der Waals surface area contributed by atoms with Crippen LogP contribution in [0.1, 0.15) is 62.4 Å². The minimum atomic E-state index is -2.05. The standard InChI is InChI=1S/C62H80N12O17S/c1-4-89-22-23-90-41-14-11-36(12-15-41)35-7-9-37(10-8-35)59-71-72-60(92-59)42-16-13-38(28-65-42)54(82)67-43-26-39(76)29-66-58(86)52-53(81)32(2)30-74(52)62(88)51(46(79)18-20-64)70-57(85)50(47(80)24-34-6-17-45(78)48(25-34)91-21-5-19-63)69-56(84)44-27-40(77)31-73(44)61(87)49(33(3)75)68-55(43)83/h6-17,25,28,32-33,39-40,43-44,46-47,49-53,75-81H,4-5,18-24,26-27,29-31,63-64H2,1-3H3,(H,66,86)(H,67,82)(H,68,83)(H,69,84)(H,70,85)/t32-,33+,39+,40+,43-,44-,46+,47+,49-,50-,51-,52-,53-/m0/s1. The fourth-order valence-electron chi connectivity index (χ4n) is 10.9.